The molecule has 8 heteroatoms. The van der Waals surface area contributed by atoms with Gasteiger partial charge in [0.1, 0.15) is 0 Å². The number of benzene rings is 1. The van der Waals surface area contributed by atoms with Gasteiger partial charge in [0.15, 0.2) is 0 Å². The number of nitrogens with one attached hydrogen (secondary N) is 2. The first kappa shape index (κ1) is 15.3. The minimum absolute atomic E-state index is 0.173. The van der Waals surface area contributed by atoms with E-state index in [0.717, 1.165) is 12.1 Å². The van der Waals surface area contributed by atoms with Crippen LogP contribution < -0.4 is 16.6 Å². The Morgan fingerprint density at radius 2 is 2.11 bits per heavy atom. The molecule has 0 aromatic heterocycles. The molecule has 0 atom stereocenters. The Kier molecular flexibility index (Phi) is 5.13. The Hall–Kier alpha value is -1.80. The average molecular weight is 277 g/mol. The highest BCUT2D eigenvalue weighted by atomic mass is 19.4. The van der Waals surface area contributed by atoms with Crippen molar-refractivity contribution in [3.05, 3.63) is 29.3 Å². The second kappa shape index (κ2) is 6.39. The molecule has 1 aromatic carbocycles. The van der Waals surface area contributed by atoms with E-state index in [2.05, 4.69) is 5.32 Å². The summed E-state index contributed by atoms with van der Waals surface area (Å²) in [6, 6.07) is 3.25. The smallest absolute Gasteiger partial charge is 0.383 e. The molecule has 1 rings (SSSR count). The number of amides is 1. The minimum Gasteiger partial charge on any atom is -0.383 e. The fourth-order valence-corrected chi connectivity index (χ4v) is 1.50. The summed E-state index contributed by atoms with van der Waals surface area (Å²) in [5.74, 6) is 4.43. The monoisotopic (exact) mass is 277 g/mol. The number of para-hydroxylation sites is 1. The first-order chi connectivity index (χ1) is 8.91. The van der Waals surface area contributed by atoms with Gasteiger partial charge in [-0.2, -0.15) is 13.2 Å². The number of anilines is 1. The van der Waals surface area contributed by atoms with Crippen molar-refractivity contribution < 1.29 is 22.7 Å². The van der Waals surface area contributed by atoms with Crippen LogP contribution in [0.3, 0.4) is 0 Å². The number of hydrazine groups is 1. The summed E-state index contributed by atoms with van der Waals surface area (Å²) in [5, 5.41) is 2.43. The van der Waals surface area contributed by atoms with Crippen LogP contribution in [0.1, 0.15) is 15.9 Å². The van der Waals surface area contributed by atoms with Crippen molar-refractivity contribution in [2.75, 3.05) is 25.7 Å². The average Bonchev–Trinajstić information content (AvgIpc) is 2.36. The van der Waals surface area contributed by atoms with E-state index in [0.29, 0.717) is 0 Å². The number of halogens is 3. The lowest BCUT2D eigenvalue weighted by molar-refractivity contribution is -0.137. The summed E-state index contributed by atoms with van der Waals surface area (Å²) in [6.45, 7) is 0.450. The number of alkyl halides is 3. The van der Waals surface area contributed by atoms with Gasteiger partial charge < -0.3 is 15.5 Å². The highest BCUT2D eigenvalue weighted by molar-refractivity contribution is 6.00. The Morgan fingerprint density at radius 3 is 2.63 bits per heavy atom. The first-order valence-electron chi connectivity index (χ1n) is 5.35. The van der Waals surface area contributed by atoms with E-state index in [1.165, 1.54) is 13.2 Å². The maximum atomic E-state index is 12.7. The molecule has 5 nitrogen and oxygen atoms in total. The maximum Gasteiger partial charge on any atom is 0.418 e. The molecule has 4 N–H and O–H groups in total. The van der Waals surface area contributed by atoms with Crippen molar-refractivity contribution in [2.45, 2.75) is 6.18 Å². The van der Waals surface area contributed by atoms with E-state index in [1.54, 1.807) is 0 Å². The SMILES string of the molecule is COCCNC(=O)c1cccc(C(F)(F)F)c1NN. The van der Waals surface area contributed by atoms with Gasteiger partial charge in [0.25, 0.3) is 5.91 Å². The number of carbonyl (C=O) groups excluding carboxylic acids is 1. The lowest BCUT2D eigenvalue weighted by Crippen LogP contribution is -2.29. The summed E-state index contributed by atoms with van der Waals surface area (Å²) in [6.07, 6.45) is -4.59. The molecule has 0 fully saturated rings. The molecule has 19 heavy (non-hydrogen) atoms. The highest BCUT2D eigenvalue weighted by Crippen LogP contribution is 2.36. The number of hydrogen-bond acceptors (Lipinski definition) is 4. The molecule has 0 radical (unpaired) electrons. The number of hydrogen-bond donors (Lipinski definition) is 3. The minimum atomic E-state index is -4.59. The predicted octanol–water partition coefficient (Wildman–Crippen LogP) is 1.37. The Morgan fingerprint density at radius 1 is 1.42 bits per heavy atom. The molecular weight excluding hydrogens is 263 g/mol. The van der Waals surface area contributed by atoms with Crippen molar-refractivity contribution >= 4 is 11.6 Å². The van der Waals surface area contributed by atoms with Crippen LogP contribution >= 0.6 is 0 Å². The van der Waals surface area contributed by atoms with Gasteiger partial charge in [-0.05, 0) is 12.1 Å². The van der Waals surface area contributed by atoms with Crippen LogP contribution in [-0.2, 0) is 10.9 Å². The zero-order chi connectivity index (χ0) is 14.5. The van der Waals surface area contributed by atoms with Crippen LogP contribution in [0.15, 0.2) is 18.2 Å². The van der Waals surface area contributed by atoms with Crippen molar-refractivity contribution in [3.63, 3.8) is 0 Å². The van der Waals surface area contributed by atoms with Gasteiger partial charge in [-0.25, -0.2) is 0 Å². The summed E-state index contributed by atoms with van der Waals surface area (Å²) in [7, 11) is 1.45. The molecule has 0 heterocycles. The van der Waals surface area contributed by atoms with E-state index in [4.69, 9.17) is 10.6 Å². The Labute approximate surface area is 107 Å². The zero-order valence-corrected chi connectivity index (χ0v) is 10.2. The Balaban J connectivity index is 3.04. The van der Waals surface area contributed by atoms with Gasteiger partial charge in [0.2, 0.25) is 0 Å². The Bertz CT molecular complexity index is 449. The number of nitrogens with two attached hydrogens (primary N) is 1. The van der Waals surface area contributed by atoms with Crippen molar-refractivity contribution in [1.82, 2.24) is 5.32 Å². The van der Waals surface area contributed by atoms with Gasteiger partial charge >= 0.3 is 6.18 Å². The van der Waals surface area contributed by atoms with Gasteiger partial charge in [-0.15, -0.1) is 0 Å². The van der Waals surface area contributed by atoms with E-state index in [1.807, 2.05) is 5.43 Å². The molecule has 0 aliphatic heterocycles. The third-order valence-corrected chi connectivity index (χ3v) is 2.35. The molecule has 0 aliphatic carbocycles. The normalized spacial score (nSPS) is 11.2. The lowest BCUT2D eigenvalue weighted by Gasteiger charge is -2.15. The van der Waals surface area contributed by atoms with E-state index < -0.39 is 23.3 Å². The van der Waals surface area contributed by atoms with Crippen LogP contribution in [0.4, 0.5) is 18.9 Å². The van der Waals surface area contributed by atoms with E-state index in [-0.39, 0.29) is 18.7 Å². The van der Waals surface area contributed by atoms with Gasteiger partial charge in [-0.1, -0.05) is 6.07 Å². The molecule has 0 unspecified atom stereocenters. The molecule has 1 amide bonds. The summed E-state index contributed by atoms with van der Waals surface area (Å²) < 4.78 is 42.9. The third-order valence-electron chi connectivity index (χ3n) is 2.35. The second-order valence-corrected chi connectivity index (χ2v) is 3.62. The van der Waals surface area contributed by atoms with Crippen LogP contribution in [0.2, 0.25) is 0 Å². The molecule has 0 bridgehead atoms. The van der Waals surface area contributed by atoms with Gasteiger partial charge in [0.05, 0.1) is 23.4 Å². The largest absolute Gasteiger partial charge is 0.418 e. The third kappa shape index (κ3) is 3.83. The number of ether oxygens (including phenoxy) is 1. The van der Waals surface area contributed by atoms with Crippen molar-refractivity contribution in [2.24, 2.45) is 5.84 Å². The molecular formula is C11H14F3N3O2. The highest BCUT2D eigenvalue weighted by Gasteiger charge is 2.35. The van der Waals surface area contributed by atoms with Gasteiger partial charge in [0, 0.05) is 13.7 Å². The maximum absolute atomic E-state index is 12.7. The number of methoxy groups -OCH3 is 1. The number of carbonyl (C=O) groups is 1. The van der Waals surface area contributed by atoms with Crippen LogP contribution in [0, 0.1) is 0 Å². The number of nitrogen functional groups attached to an aromatic ring is 1. The lowest BCUT2D eigenvalue weighted by atomic mass is 10.1. The predicted molar refractivity (Wildman–Crippen MR) is 63.5 cm³/mol. The molecule has 106 valence electrons. The molecule has 0 saturated carbocycles. The van der Waals surface area contributed by atoms with Crippen molar-refractivity contribution in [3.8, 4) is 0 Å². The molecule has 0 aliphatic rings. The number of rotatable bonds is 5. The molecule has 0 saturated heterocycles. The quantitative estimate of drug-likeness (QED) is 0.431. The first-order valence-corrected chi connectivity index (χ1v) is 5.35. The second-order valence-electron chi connectivity index (χ2n) is 3.62. The fraction of sp³-hybridized carbons (Fsp3) is 0.364. The van der Waals surface area contributed by atoms with Crippen LogP contribution in [0.5, 0.6) is 0 Å². The van der Waals surface area contributed by atoms with Crippen LogP contribution in [0.25, 0.3) is 0 Å². The standard InChI is InChI=1S/C11H14F3N3O2/c1-19-6-5-16-10(18)7-3-2-4-8(9(7)17-15)11(12,13)14/h2-4,17H,5-6,15H2,1H3,(H,16,18). The van der Waals surface area contributed by atoms with Gasteiger partial charge in [-0.3, -0.25) is 10.6 Å². The summed E-state index contributed by atoms with van der Waals surface area (Å²) in [5.41, 5.74) is 0.312. The van der Waals surface area contributed by atoms with Crippen molar-refractivity contribution in [1.29, 1.82) is 0 Å². The summed E-state index contributed by atoms with van der Waals surface area (Å²) >= 11 is 0. The topological polar surface area (TPSA) is 76.4 Å². The zero-order valence-electron chi connectivity index (χ0n) is 10.2. The van der Waals surface area contributed by atoms with E-state index in [9.17, 15) is 18.0 Å². The fourth-order valence-electron chi connectivity index (χ4n) is 1.50. The molecule has 1 aromatic rings. The summed E-state index contributed by atoms with van der Waals surface area (Å²) in [4.78, 5) is 11.7. The molecule has 0 spiro atoms. The van der Waals surface area contributed by atoms with Crippen LogP contribution in [-0.4, -0.2) is 26.2 Å². The van der Waals surface area contributed by atoms with E-state index >= 15 is 0 Å².